The number of aromatic nitrogens is 2. The Morgan fingerprint density at radius 1 is 1.09 bits per heavy atom. The van der Waals surface area contributed by atoms with Crippen LogP contribution in [-0.4, -0.2) is 47.8 Å². The van der Waals surface area contributed by atoms with Crippen molar-refractivity contribution < 1.29 is 32.2 Å². The standard InChI is InChI=1S/C21H25F3N4O4/c1-13(2)19(29)28-17-10-15(6-7-25-17)20(30)27-14(3)16-4-5-18(26-11-16)32-9-8-31-12-21(22,23)24/h4-7,10-11,13-14H,8-9,12H2,1-3H3,(H,27,30)(H,25,28,29). The molecule has 2 N–H and O–H groups in total. The fourth-order valence-electron chi connectivity index (χ4n) is 2.40. The molecule has 32 heavy (non-hydrogen) atoms. The molecule has 0 radical (unpaired) electrons. The predicted molar refractivity (Wildman–Crippen MR) is 110 cm³/mol. The molecule has 2 aromatic heterocycles. The molecule has 0 saturated heterocycles. The van der Waals surface area contributed by atoms with Gasteiger partial charge < -0.3 is 20.1 Å². The second-order valence-electron chi connectivity index (χ2n) is 7.21. The lowest BCUT2D eigenvalue weighted by molar-refractivity contribution is -0.175. The second-order valence-corrected chi connectivity index (χ2v) is 7.21. The SMILES string of the molecule is CC(C)C(=O)Nc1cc(C(=O)NC(C)c2ccc(OCCOCC(F)(F)F)nc2)ccn1. The van der Waals surface area contributed by atoms with Crippen molar-refractivity contribution in [3.8, 4) is 5.88 Å². The number of alkyl halides is 3. The molecule has 0 spiro atoms. The van der Waals surface area contributed by atoms with E-state index in [4.69, 9.17) is 4.74 Å². The lowest BCUT2D eigenvalue weighted by atomic mass is 10.1. The van der Waals surface area contributed by atoms with Gasteiger partial charge in [0.25, 0.3) is 5.91 Å². The highest BCUT2D eigenvalue weighted by molar-refractivity contribution is 5.97. The molecule has 1 atom stereocenters. The number of hydrogen-bond acceptors (Lipinski definition) is 6. The van der Waals surface area contributed by atoms with Crippen molar-refractivity contribution in [1.29, 1.82) is 0 Å². The van der Waals surface area contributed by atoms with Crippen LogP contribution < -0.4 is 15.4 Å². The minimum Gasteiger partial charge on any atom is -0.475 e. The molecule has 0 aliphatic heterocycles. The average Bonchev–Trinajstić information content (AvgIpc) is 2.73. The summed E-state index contributed by atoms with van der Waals surface area (Å²) in [5.41, 5.74) is 1.03. The van der Waals surface area contributed by atoms with E-state index in [2.05, 4.69) is 25.3 Å². The molecule has 1 unspecified atom stereocenters. The van der Waals surface area contributed by atoms with Crippen molar-refractivity contribution in [2.75, 3.05) is 25.1 Å². The van der Waals surface area contributed by atoms with Gasteiger partial charge in [-0.3, -0.25) is 9.59 Å². The smallest absolute Gasteiger partial charge is 0.411 e. The minimum atomic E-state index is -4.37. The summed E-state index contributed by atoms with van der Waals surface area (Å²) >= 11 is 0. The van der Waals surface area contributed by atoms with E-state index in [1.807, 2.05) is 0 Å². The summed E-state index contributed by atoms with van der Waals surface area (Å²) < 4.78 is 45.7. The number of nitrogens with one attached hydrogen (secondary N) is 2. The molecule has 11 heteroatoms. The molecule has 2 amide bonds. The Kier molecular flexibility index (Phi) is 8.94. The van der Waals surface area contributed by atoms with Crippen LogP contribution in [0.3, 0.4) is 0 Å². The van der Waals surface area contributed by atoms with E-state index in [0.717, 1.165) is 0 Å². The number of anilines is 1. The Balaban J connectivity index is 1.86. The Hall–Kier alpha value is -3.21. The molecule has 0 saturated carbocycles. The summed E-state index contributed by atoms with van der Waals surface area (Å²) in [5, 5.41) is 5.46. The van der Waals surface area contributed by atoms with E-state index in [9.17, 15) is 22.8 Å². The van der Waals surface area contributed by atoms with Crippen LogP contribution >= 0.6 is 0 Å². The first-order chi connectivity index (χ1) is 15.0. The molecule has 174 valence electrons. The van der Waals surface area contributed by atoms with Crippen LogP contribution in [0.4, 0.5) is 19.0 Å². The van der Waals surface area contributed by atoms with Crippen molar-refractivity contribution in [2.45, 2.75) is 33.0 Å². The first-order valence-electron chi connectivity index (χ1n) is 9.86. The van der Waals surface area contributed by atoms with Crippen LogP contribution in [0.15, 0.2) is 36.7 Å². The third-order valence-corrected chi connectivity index (χ3v) is 4.15. The van der Waals surface area contributed by atoms with Crippen molar-refractivity contribution in [3.63, 3.8) is 0 Å². The molecule has 8 nitrogen and oxygen atoms in total. The fourth-order valence-corrected chi connectivity index (χ4v) is 2.40. The molecule has 0 fully saturated rings. The molecular formula is C21H25F3N4O4. The number of rotatable bonds is 10. The number of ether oxygens (including phenoxy) is 2. The van der Waals surface area contributed by atoms with Crippen LogP contribution in [0.25, 0.3) is 0 Å². The van der Waals surface area contributed by atoms with E-state index >= 15 is 0 Å². The fraction of sp³-hybridized carbons (Fsp3) is 0.429. The van der Waals surface area contributed by atoms with E-state index in [0.29, 0.717) is 11.1 Å². The molecular weight excluding hydrogens is 429 g/mol. The Bertz CT molecular complexity index is 905. The molecule has 2 heterocycles. The largest absolute Gasteiger partial charge is 0.475 e. The van der Waals surface area contributed by atoms with Gasteiger partial charge in [0.1, 0.15) is 19.0 Å². The highest BCUT2D eigenvalue weighted by Gasteiger charge is 2.27. The highest BCUT2D eigenvalue weighted by atomic mass is 19.4. The summed E-state index contributed by atoms with van der Waals surface area (Å²) in [6.45, 7) is 3.64. The van der Waals surface area contributed by atoms with E-state index < -0.39 is 12.8 Å². The molecule has 0 aliphatic rings. The van der Waals surface area contributed by atoms with Crippen LogP contribution in [0.1, 0.15) is 42.7 Å². The molecule has 0 bridgehead atoms. The van der Waals surface area contributed by atoms with Crippen molar-refractivity contribution in [2.24, 2.45) is 5.92 Å². The van der Waals surface area contributed by atoms with Crippen LogP contribution in [-0.2, 0) is 9.53 Å². The van der Waals surface area contributed by atoms with E-state index in [1.54, 1.807) is 32.9 Å². The maximum Gasteiger partial charge on any atom is 0.411 e. The lowest BCUT2D eigenvalue weighted by Crippen LogP contribution is -2.27. The van der Waals surface area contributed by atoms with Crippen LogP contribution in [0.2, 0.25) is 0 Å². The quantitative estimate of drug-likeness (QED) is 0.533. The van der Waals surface area contributed by atoms with Crippen molar-refractivity contribution in [1.82, 2.24) is 15.3 Å². The van der Waals surface area contributed by atoms with Gasteiger partial charge in [0, 0.05) is 29.9 Å². The Morgan fingerprint density at radius 2 is 1.84 bits per heavy atom. The highest BCUT2D eigenvalue weighted by Crippen LogP contribution is 2.17. The molecule has 0 aliphatic carbocycles. The van der Waals surface area contributed by atoms with E-state index in [-0.39, 0.29) is 48.7 Å². The van der Waals surface area contributed by atoms with Gasteiger partial charge in [-0.2, -0.15) is 13.2 Å². The number of halogens is 3. The van der Waals surface area contributed by atoms with E-state index in [1.165, 1.54) is 24.5 Å². The third kappa shape index (κ3) is 8.50. The van der Waals surface area contributed by atoms with Gasteiger partial charge in [-0.25, -0.2) is 9.97 Å². The van der Waals surface area contributed by atoms with Gasteiger partial charge in [0.05, 0.1) is 12.6 Å². The van der Waals surface area contributed by atoms with Gasteiger partial charge >= 0.3 is 6.18 Å². The first kappa shape index (κ1) is 25.1. The van der Waals surface area contributed by atoms with Gasteiger partial charge in [0.15, 0.2) is 0 Å². The zero-order valence-corrected chi connectivity index (χ0v) is 17.9. The number of nitrogens with zero attached hydrogens (tertiary/aromatic N) is 2. The maximum atomic E-state index is 12.6. The summed E-state index contributed by atoms with van der Waals surface area (Å²) in [7, 11) is 0. The molecule has 0 aromatic carbocycles. The summed E-state index contributed by atoms with van der Waals surface area (Å²) in [4.78, 5) is 32.5. The minimum absolute atomic E-state index is 0.0769. The molecule has 2 aromatic rings. The topological polar surface area (TPSA) is 102 Å². The van der Waals surface area contributed by atoms with Gasteiger partial charge in [-0.15, -0.1) is 0 Å². The predicted octanol–water partition coefficient (Wildman–Crippen LogP) is 3.52. The Labute approximate surface area is 183 Å². The second kappa shape index (κ2) is 11.4. The lowest BCUT2D eigenvalue weighted by Gasteiger charge is -2.15. The number of hydrogen-bond donors (Lipinski definition) is 2. The van der Waals surface area contributed by atoms with Crippen LogP contribution in [0, 0.1) is 5.92 Å². The Morgan fingerprint density at radius 3 is 2.47 bits per heavy atom. The van der Waals surface area contributed by atoms with Crippen molar-refractivity contribution in [3.05, 3.63) is 47.8 Å². The average molecular weight is 454 g/mol. The normalized spacial score (nSPS) is 12.3. The summed E-state index contributed by atoms with van der Waals surface area (Å²) in [6.07, 6.45) is -1.44. The number of amides is 2. The first-order valence-corrected chi connectivity index (χ1v) is 9.86. The zero-order chi connectivity index (χ0) is 23.7. The van der Waals surface area contributed by atoms with Gasteiger partial charge in [-0.05, 0) is 24.6 Å². The maximum absolute atomic E-state index is 12.6. The zero-order valence-electron chi connectivity index (χ0n) is 17.9. The van der Waals surface area contributed by atoms with Gasteiger partial charge in [0.2, 0.25) is 11.8 Å². The van der Waals surface area contributed by atoms with Crippen LogP contribution in [0.5, 0.6) is 5.88 Å². The number of pyridine rings is 2. The third-order valence-electron chi connectivity index (χ3n) is 4.15. The van der Waals surface area contributed by atoms with Gasteiger partial charge in [-0.1, -0.05) is 19.9 Å². The summed E-state index contributed by atoms with van der Waals surface area (Å²) in [5.74, 6) is -0.277. The number of carbonyl (C=O) groups is 2. The monoisotopic (exact) mass is 454 g/mol. The number of carbonyl (C=O) groups excluding carboxylic acids is 2. The summed E-state index contributed by atoms with van der Waals surface area (Å²) in [6, 6.07) is 5.86. The van der Waals surface area contributed by atoms with Crippen molar-refractivity contribution >= 4 is 17.6 Å². The molecule has 2 rings (SSSR count).